The van der Waals surface area contributed by atoms with E-state index in [1.807, 2.05) is 0 Å². The highest BCUT2D eigenvalue weighted by molar-refractivity contribution is 7.90. The number of nitrogens with one attached hydrogen (secondary N) is 2. The molecule has 0 bridgehead atoms. The van der Waals surface area contributed by atoms with Crippen molar-refractivity contribution in [2.24, 2.45) is 0 Å². The lowest BCUT2D eigenvalue weighted by atomic mass is 10.2. The first-order valence-corrected chi connectivity index (χ1v) is 12.7. The van der Waals surface area contributed by atoms with Crippen molar-refractivity contribution in [2.45, 2.75) is 17.2 Å². The van der Waals surface area contributed by atoms with Gasteiger partial charge in [-0.05, 0) is 30.3 Å². The molecule has 0 radical (unpaired) electrons. The summed E-state index contributed by atoms with van der Waals surface area (Å²) in [6.07, 6.45) is 3.31. The Morgan fingerprint density at radius 1 is 1.19 bits per heavy atom. The predicted molar refractivity (Wildman–Crippen MR) is 129 cm³/mol. The molecule has 0 saturated carbocycles. The van der Waals surface area contributed by atoms with Gasteiger partial charge in [0, 0.05) is 43.8 Å². The van der Waals surface area contributed by atoms with Gasteiger partial charge in [0.15, 0.2) is 21.3 Å². The number of fused-ring (bicyclic) bond motifs is 1. The Morgan fingerprint density at radius 2 is 2.00 bits per heavy atom. The van der Waals surface area contributed by atoms with Crippen LogP contribution in [-0.2, 0) is 9.84 Å². The number of H-pyrrole nitrogens is 1. The van der Waals surface area contributed by atoms with Crippen LogP contribution in [0.15, 0.2) is 47.6 Å². The number of rotatable bonds is 6. The lowest BCUT2D eigenvalue weighted by Gasteiger charge is -2.20. The number of halogens is 3. The molecule has 1 aliphatic rings. The van der Waals surface area contributed by atoms with Gasteiger partial charge in [-0.1, -0.05) is 0 Å². The predicted octanol–water partition coefficient (Wildman–Crippen LogP) is 3.65. The Morgan fingerprint density at radius 3 is 2.72 bits per heavy atom. The zero-order valence-electron chi connectivity index (χ0n) is 19.2. The molecule has 3 aromatic heterocycles. The van der Waals surface area contributed by atoms with Crippen molar-refractivity contribution in [2.75, 3.05) is 41.5 Å². The van der Waals surface area contributed by atoms with E-state index in [2.05, 4.69) is 30.5 Å². The summed E-state index contributed by atoms with van der Waals surface area (Å²) >= 11 is 0. The van der Waals surface area contributed by atoms with Gasteiger partial charge in [0.25, 0.3) is 5.92 Å². The molecule has 4 heterocycles. The number of pyridine rings is 1. The molecule has 188 valence electrons. The minimum Gasteiger partial charge on any atom is -0.365 e. The van der Waals surface area contributed by atoms with E-state index >= 15 is 0 Å². The molecule has 0 aliphatic carbocycles. The molecule has 0 unspecified atom stereocenters. The molecule has 4 aromatic rings. The summed E-state index contributed by atoms with van der Waals surface area (Å²) in [5.41, 5.74) is 1.08. The topological polar surface area (TPSA) is 120 Å². The molecule has 1 aromatic carbocycles. The van der Waals surface area contributed by atoms with Gasteiger partial charge in [-0.3, -0.25) is 5.10 Å². The standard InChI is InChI=1S/C22H21F3N8O2S/c1-32(20-17-7-13(23)11-27-19(17)30-31-20)18-3-5-26-21(29-18)28-14-8-15(10-16(9-14)36(2,34)35)33-6-4-22(24,25)12-33/h3,5,7-11H,4,6,12H2,1-2H3,(H,26,28,29)(H,27,30,31). The minimum absolute atomic E-state index is 0.0245. The number of aromatic nitrogens is 5. The number of benzene rings is 1. The van der Waals surface area contributed by atoms with Gasteiger partial charge < -0.3 is 15.1 Å². The van der Waals surface area contributed by atoms with Crippen LogP contribution in [0.4, 0.5) is 42.1 Å². The third-order valence-corrected chi connectivity index (χ3v) is 6.87. The number of aromatic amines is 1. The zero-order chi connectivity index (χ0) is 25.7. The largest absolute Gasteiger partial charge is 0.365 e. The van der Waals surface area contributed by atoms with Crippen molar-refractivity contribution in [3.8, 4) is 0 Å². The Hall–Kier alpha value is -3.94. The van der Waals surface area contributed by atoms with Gasteiger partial charge in [-0.2, -0.15) is 10.1 Å². The van der Waals surface area contributed by atoms with Gasteiger partial charge in [0.2, 0.25) is 5.95 Å². The van der Waals surface area contributed by atoms with E-state index in [-0.39, 0.29) is 23.8 Å². The third kappa shape index (κ3) is 4.76. The Bertz CT molecular complexity index is 1560. The van der Waals surface area contributed by atoms with Crippen LogP contribution in [0.25, 0.3) is 11.0 Å². The van der Waals surface area contributed by atoms with Gasteiger partial charge in [-0.15, -0.1) is 0 Å². The highest BCUT2D eigenvalue weighted by atomic mass is 32.2. The van der Waals surface area contributed by atoms with E-state index in [0.717, 1.165) is 12.5 Å². The number of alkyl halides is 2. The fourth-order valence-corrected chi connectivity index (χ4v) is 4.64. The maximum absolute atomic E-state index is 13.8. The van der Waals surface area contributed by atoms with E-state index in [1.165, 1.54) is 29.3 Å². The van der Waals surface area contributed by atoms with E-state index < -0.39 is 28.1 Å². The summed E-state index contributed by atoms with van der Waals surface area (Å²) in [7, 11) is -1.94. The number of hydrogen-bond acceptors (Lipinski definition) is 9. The summed E-state index contributed by atoms with van der Waals surface area (Å²) in [6.45, 7) is -0.396. The molecule has 5 rings (SSSR count). The average molecular weight is 519 g/mol. The van der Waals surface area contributed by atoms with E-state index in [4.69, 9.17) is 0 Å². The van der Waals surface area contributed by atoms with Crippen molar-refractivity contribution in [1.29, 1.82) is 0 Å². The molecule has 1 aliphatic heterocycles. The van der Waals surface area contributed by atoms with Gasteiger partial charge in [0.1, 0.15) is 11.6 Å². The van der Waals surface area contributed by atoms with Crippen LogP contribution in [0.2, 0.25) is 0 Å². The Labute approximate surface area is 204 Å². The molecule has 0 spiro atoms. The molecule has 2 N–H and O–H groups in total. The second kappa shape index (κ2) is 8.62. The van der Waals surface area contributed by atoms with Gasteiger partial charge in [-0.25, -0.2) is 31.6 Å². The summed E-state index contributed by atoms with van der Waals surface area (Å²) in [4.78, 5) is 15.6. The highest BCUT2D eigenvalue weighted by Crippen LogP contribution is 2.34. The van der Waals surface area contributed by atoms with Crippen LogP contribution >= 0.6 is 0 Å². The smallest absolute Gasteiger partial charge is 0.266 e. The third-order valence-electron chi connectivity index (χ3n) is 5.78. The normalized spacial score (nSPS) is 15.4. The molecule has 0 atom stereocenters. The first-order valence-electron chi connectivity index (χ1n) is 10.8. The number of hydrogen-bond donors (Lipinski definition) is 2. The Balaban J connectivity index is 1.46. The molecule has 1 saturated heterocycles. The second-order valence-electron chi connectivity index (χ2n) is 8.53. The average Bonchev–Trinajstić information content (AvgIpc) is 3.40. The zero-order valence-corrected chi connectivity index (χ0v) is 20.0. The summed E-state index contributed by atoms with van der Waals surface area (Å²) in [5.74, 6) is -2.43. The monoisotopic (exact) mass is 518 g/mol. The van der Waals surface area contributed by atoms with Crippen LogP contribution < -0.4 is 15.1 Å². The molecule has 0 amide bonds. The van der Waals surface area contributed by atoms with Crippen molar-refractivity contribution in [3.05, 3.63) is 48.5 Å². The first-order chi connectivity index (χ1) is 17.0. The van der Waals surface area contributed by atoms with Gasteiger partial charge >= 0.3 is 0 Å². The minimum atomic E-state index is -3.63. The molecular formula is C22H21F3N8O2S. The molecule has 14 heteroatoms. The molecule has 1 fully saturated rings. The fourth-order valence-electron chi connectivity index (χ4n) is 3.96. The van der Waals surface area contributed by atoms with Crippen LogP contribution in [0.5, 0.6) is 0 Å². The maximum Gasteiger partial charge on any atom is 0.266 e. The number of nitrogens with zero attached hydrogens (tertiary/aromatic N) is 6. The highest BCUT2D eigenvalue weighted by Gasteiger charge is 2.38. The lowest BCUT2D eigenvalue weighted by molar-refractivity contribution is 0.0257. The van der Waals surface area contributed by atoms with Crippen LogP contribution in [0, 0.1) is 5.82 Å². The van der Waals surface area contributed by atoms with E-state index in [9.17, 15) is 21.6 Å². The van der Waals surface area contributed by atoms with Crippen molar-refractivity contribution in [3.63, 3.8) is 0 Å². The molecular weight excluding hydrogens is 497 g/mol. The van der Waals surface area contributed by atoms with Crippen molar-refractivity contribution in [1.82, 2.24) is 25.1 Å². The van der Waals surface area contributed by atoms with Crippen LogP contribution in [0.3, 0.4) is 0 Å². The molecule has 36 heavy (non-hydrogen) atoms. The van der Waals surface area contributed by atoms with E-state index in [1.54, 1.807) is 24.1 Å². The summed E-state index contributed by atoms with van der Waals surface area (Å²) < 4.78 is 65.8. The van der Waals surface area contributed by atoms with E-state index in [0.29, 0.717) is 34.0 Å². The Kier molecular flexibility index (Phi) is 5.70. The fraction of sp³-hybridized carbons (Fsp3) is 0.273. The van der Waals surface area contributed by atoms with Crippen molar-refractivity contribution < 1.29 is 21.6 Å². The number of sulfone groups is 1. The second-order valence-corrected chi connectivity index (χ2v) is 10.6. The quantitative estimate of drug-likeness (QED) is 0.394. The first kappa shape index (κ1) is 23.8. The lowest BCUT2D eigenvalue weighted by Crippen LogP contribution is -2.25. The van der Waals surface area contributed by atoms with Crippen molar-refractivity contribution >= 4 is 49.8 Å². The summed E-state index contributed by atoms with van der Waals surface area (Å²) in [6, 6.07) is 7.26. The maximum atomic E-state index is 13.8. The van der Waals surface area contributed by atoms with Crippen LogP contribution in [-0.4, -0.2) is 65.9 Å². The summed E-state index contributed by atoms with van der Waals surface area (Å²) in [5, 5.41) is 10.3. The molecule has 10 nitrogen and oxygen atoms in total. The van der Waals surface area contributed by atoms with Crippen LogP contribution in [0.1, 0.15) is 6.42 Å². The SMILES string of the molecule is CN(c1ccnc(Nc2cc(N3CCC(F)(F)C3)cc(S(C)(=O)=O)c2)n1)c1n[nH]c2ncc(F)cc12. The van der Waals surface area contributed by atoms with Gasteiger partial charge in [0.05, 0.1) is 23.0 Å². The number of anilines is 5.